The zero-order valence-electron chi connectivity index (χ0n) is 10.2. The largest absolute Gasteiger partial charge is 0.478 e. The first-order chi connectivity index (χ1) is 9.25. The molecule has 96 valence electrons. The van der Waals surface area contributed by atoms with E-state index >= 15 is 0 Å². The van der Waals surface area contributed by atoms with Gasteiger partial charge in [-0.25, -0.2) is 4.79 Å². The Labute approximate surface area is 115 Å². The molecule has 0 saturated heterocycles. The van der Waals surface area contributed by atoms with Gasteiger partial charge >= 0.3 is 5.97 Å². The van der Waals surface area contributed by atoms with Crippen molar-refractivity contribution in [2.24, 2.45) is 0 Å². The quantitative estimate of drug-likeness (QED) is 0.894. The van der Waals surface area contributed by atoms with Gasteiger partial charge in [-0.1, -0.05) is 30.3 Å². The number of anilines is 1. The van der Waals surface area contributed by atoms with Gasteiger partial charge in [0, 0.05) is 16.3 Å². The van der Waals surface area contributed by atoms with Crippen LogP contribution in [0.4, 0.5) is 5.69 Å². The molecule has 0 bridgehead atoms. The number of nitrogens with one attached hydrogen (secondary N) is 1. The van der Waals surface area contributed by atoms with Crippen LogP contribution in [0.1, 0.15) is 22.0 Å². The zero-order valence-corrected chi connectivity index (χ0v) is 11.0. The summed E-state index contributed by atoms with van der Waals surface area (Å²) < 4.78 is 0. The molecule has 0 fully saturated rings. The fourth-order valence-corrected chi connectivity index (χ4v) is 3.43. The summed E-state index contributed by atoms with van der Waals surface area (Å²) in [5.74, 6) is 0.0230. The Bertz CT molecular complexity index is 627. The smallest absolute Gasteiger partial charge is 0.337 e. The molecular weight excluding hydrogens is 258 g/mol. The molecule has 2 N–H and O–H groups in total. The van der Waals surface area contributed by atoms with Gasteiger partial charge in [0.1, 0.15) is 0 Å². The predicted molar refractivity (Wildman–Crippen MR) is 76.9 cm³/mol. The molecule has 0 amide bonds. The monoisotopic (exact) mass is 271 g/mol. The molecule has 1 aliphatic rings. The van der Waals surface area contributed by atoms with Crippen molar-refractivity contribution in [2.75, 3.05) is 11.1 Å². The number of aromatic carboxylic acids is 1. The minimum absolute atomic E-state index is 0.168. The Kier molecular flexibility index (Phi) is 3.17. The summed E-state index contributed by atoms with van der Waals surface area (Å²) in [6, 6.07) is 15.4. The summed E-state index contributed by atoms with van der Waals surface area (Å²) in [6.07, 6.45) is 0. The highest BCUT2D eigenvalue weighted by molar-refractivity contribution is 7.99. The predicted octanol–water partition coefficient (Wildman–Crippen LogP) is 3.64. The van der Waals surface area contributed by atoms with Crippen molar-refractivity contribution < 1.29 is 9.90 Å². The molecule has 0 aromatic heterocycles. The van der Waals surface area contributed by atoms with Crippen molar-refractivity contribution in [1.82, 2.24) is 0 Å². The third kappa shape index (κ3) is 2.31. The third-order valence-corrected chi connectivity index (χ3v) is 4.37. The van der Waals surface area contributed by atoms with Crippen molar-refractivity contribution in [3.8, 4) is 0 Å². The van der Waals surface area contributed by atoms with Gasteiger partial charge < -0.3 is 10.4 Å². The molecule has 2 aromatic carbocycles. The lowest BCUT2D eigenvalue weighted by Gasteiger charge is -2.16. The van der Waals surface area contributed by atoms with Gasteiger partial charge in [-0.2, -0.15) is 0 Å². The van der Waals surface area contributed by atoms with Gasteiger partial charge in [-0.05, 0) is 23.8 Å². The van der Waals surface area contributed by atoms with Crippen LogP contribution < -0.4 is 5.32 Å². The second kappa shape index (κ2) is 4.97. The van der Waals surface area contributed by atoms with Crippen LogP contribution in [0.3, 0.4) is 0 Å². The highest BCUT2D eigenvalue weighted by atomic mass is 32.2. The minimum atomic E-state index is -0.901. The molecule has 1 heterocycles. The normalized spacial score (nSPS) is 16.9. The fourth-order valence-electron chi connectivity index (χ4n) is 2.27. The Morgan fingerprint density at radius 3 is 2.74 bits per heavy atom. The second-order valence-corrected chi connectivity index (χ2v) is 5.46. The fraction of sp³-hybridized carbons (Fsp3) is 0.133. The molecule has 3 nitrogen and oxygen atoms in total. The highest BCUT2D eigenvalue weighted by Crippen LogP contribution is 2.39. The lowest BCUT2D eigenvalue weighted by atomic mass is 10.1. The minimum Gasteiger partial charge on any atom is -0.478 e. The second-order valence-electron chi connectivity index (χ2n) is 4.40. The van der Waals surface area contributed by atoms with Gasteiger partial charge in [-0.15, -0.1) is 11.8 Å². The first-order valence-corrected chi connectivity index (χ1v) is 7.05. The van der Waals surface area contributed by atoms with Crippen LogP contribution in [0.2, 0.25) is 0 Å². The number of benzene rings is 2. The maximum absolute atomic E-state index is 11.2. The van der Waals surface area contributed by atoms with Gasteiger partial charge in [0.15, 0.2) is 0 Å². The number of hydrogen-bond donors (Lipinski definition) is 2. The Morgan fingerprint density at radius 2 is 1.89 bits per heavy atom. The van der Waals surface area contributed by atoms with Gasteiger partial charge in [0.25, 0.3) is 0 Å². The number of fused-ring (bicyclic) bond motifs is 1. The summed E-state index contributed by atoms with van der Waals surface area (Å²) >= 11 is 1.80. The summed E-state index contributed by atoms with van der Waals surface area (Å²) in [5, 5.41) is 12.5. The maximum Gasteiger partial charge on any atom is 0.337 e. The SMILES string of the molecule is O=C(O)c1ccccc1NC1CSc2ccccc21. The summed E-state index contributed by atoms with van der Waals surface area (Å²) in [6.45, 7) is 0. The Morgan fingerprint density at radius 1 is 1.16 bits per heavy atom. The van der Waals surface area contributed by atoms with Crippen LogP contribution in [-0.2, 0) is 0 Å². The lowest BCUT2D eigenvalue weighted by molar-refractivity contribution is 0.0698. The molecule has 0 spiro atoms. The molecule has 3 rings (SSSR count). The Hall–Kier alpha value is -1.94. The van der Waals surface area contributed by atoms with E-state index < -0.39 is 5.97 Å². The van der Waals surface area contributed by atoms with E-state index in [-0.39, 0.29) is 6.04 Å². The molecule has 0 aliphatic carbocycles. The van der Waals surface area contributed by atoms with Crippen LogP contribution in [0, 0.1) is 0 Å². The van der Waals surface area contributed by atoms with E-state index in [4.69, 9.17) is 0 Å². The molecule has 1 unspecified atom stereocenters. The Balaban J connectivity index is 1.90. The lowest BCUT2D eigenvalue weighted by Crippen LogP contribution is -2.12. The standard InChI is InChI=1S/C15H13NO2S/c17-15(18)11-6-1-3-7-12(11)16-13-9-19-14-8-4-2-5-10(13)14/h1-8,13,16H,9H2,(H,17,18). The molecule has 1 atom stereocenters. The van der Waals surface area contributed by atoms with Crippen LogP contribution >= 0.6 is 11.8 Å². The number of carboxylic acids is 1. The van der Waals surface area contributed by atoms with Crippen molar-refractivity contribution in [3.05, 3.63) is 59.7 Å². The average molecular weight is 271 g/mol. The summed E-state index contributed by atoms with van der Waals surface area (Å²) in [7, 11) is 0. The van der Waals surface area contributed by atoms with Crippen molar-refractivity contribution >= 4 is 23.4 Å². The van der Waals surface area contributed by atoms with Crippen molar-refractivity contribution in [3.63, 3.8) is 0 Å². The number of thioether (sulfide) groups is 1. The van der Waals surface area contributed by atoms with E-state index in [1.807, 2.05) is 24.3 Å². The number of rotatable bonds is 3. The topological polar surface area (TPSA) is 49.3 Å². The van der Waals surface area contributed by atoms with Crippen molar-refractivity contribution in [2.45, 2.75) is 10.9 Å². The molecule has 0 saturated carbocycles. The molecule has 4 heteroatoms. The number of carboxylic acid groups (broad SMARTS) is 1. The highest BCUT2D eigenvalue weighted by Gasteiger charge is 2.23. The molecule has 2 aromatic rings. The van der Waals surface area contributed by atoms with E-state index in [9.17, 15) is 9.90 Å². The van der Waals surface area contributed by atoms with E-state index in [0.29, 0.717) is 11.3 Å². The van der Waals surface area contributed by atoms with Gasteiger partial charge in [-0.3, -0.25) is 0 Å². The van der Waals surface area contributed by atoms with E-state index in [1.165, 1.54) is 10.5 Å². The van der Waals surface area contributed by atoms with Crippen LogP contribution in [0.25, 0.3) is 0 Å². The van der Waals surface area contributed by atoms with Gasteiger partial charge in [0.05, 0.1) is 11.6 Å². The van der Waals surface area contributed by atoms with E-state index in [2.05, 4.69) is 17.4 Å². The summed E-state index contributed by atoms with van der Waals surface area (Å²) in [4.78, 5) is 12.5. The molecular formula is C15H13NO2S. The summed E-state index contributed by atoms with van der Waals surface area (Å²) in [5.41, 5.74) is 2.24. The molecule has 19 heavy (non-hydrogen) atoms. The zero-order chi connectivity index (χ0) is 13.2. The molecule has 1 aliphatic heterocycles. The first kappa shape index (κ1) is 12.1. The number of carbonyl (C=O) groups is 1. The first-order valence-electron chi connectivity index (χ1n) is 6.06. The number of para-hydroxylation sites is 1. The average Bonchev–Trinajstić information content (AvgIpc) is 2.83. The van der Waals surface area contributed by atoms with E-state index in [1.54, 1.807) is 23.9 Å². The van der Waals surface area contributed by atoms with Crippen molar-refractivity contribution in [1.29, 1.82) is 0 Å². The van der Waals surface area contributed by atoms with Crippen LogP contribution in [0.5, 0.6) is 0 Å². The maximum atomic E-state index is 11.2. The third-order valence-electron chi connectivity index (χ3n) is 3.19. The van der Waals surface area contributed by atoms with Crippen LogP contribution in [-0.4, -0.2) is 16.8 Å². The van der Waals surface area contributed by atoms with E-state index in [0.717, 1.165) is 5.75 Å². The van der Waals surface area contributed by atoms with Crippen LogP contribution in [0.15, 0.2) is 53.4 Å². The number of hydrogen-bond acceptors (Lipinski definition) is 3. The molecule has 0 radical (unpaired) electrons. The van der Waals surface area contributed by atoms with Gasteiger partial charge in [0.2, 0.25) is 0 Å².